The van der Waals surface area contributed by atoms with E-state index >= 15 is 0 Å². The number of hydrogen-bond acceptors (Lipinski definition) is 2. The zero-order valence-corrected chi connectivity index (χ0v) is 11.8. The topological polar surface area (TPSA) is 30.0 Å². The van der Waals surface area contributed by atoms with E-state index in [-0.39, 0.29) is 5.43 Å². The number of fused-ring (bicyclic) bond motifs is 3. The molecule has 0 saturated heterocycles. The molecule has 3 aromatic carbocycles. The monoisotopic (exact) mass is 291 g/mol. The number of rotatable bonds is 0. The maximum absolute atomic E-state index is 12.8. The lowest BCUT2D eigenvalue weighted by molar-refractivity contribution is 1.50. The quantitative estimate of drug-likeness (QED) is 0.475. The van der Waals surface area contributed by atoms with Gasteiger partial charge in [0.2, 0.25) is 0 Å². The van der Waals surface area contributed by atoms with Crippen LogP contribution in [0.3, 0.4) is 0 Å². The Kier molecular flexibility index (Phi) is 2.66. The number of halogens is 1. The number of nitrogens with zero attached hydrogens (tertiary/aromatic N) is 1. The molecule has 0 fully saturated rings. The minimum absolute atomic E-state index is 0.0363. The van der Waals surface area contributed by atoms with Gasteiger partial charge in [-0.1, -0.05) is 48.0 Å². The molecular weight excluding hydrogens is 282 g/mol. The van der Waals surface area contributed by atoms with Crippen LogP contribution in [0.25, 0.3) is 32.6 Å². The Labute approximate surface area is 125 Å². The first-order valence-electron chi connectivity index (χ1n) is 6.65. The molecule has 21 heavy (non-hydrogen) atoms. The molecule has 3 heteroatoms. The van der Waals surface area contributed by atoms with Gasteiger partial charge >= 0.3 is 0 Å². The molecule has 0 aliphatic carbocycles. The molecule has 1 heterocycles. The van der Waals surface area contributed by atoms with E-state index in [0.717, 1.165) is 16.3 Å². The van der Waals surface area contributed by atoms with E-state index in [0.29, 0.717) is 21.3 Å². The van der Waals surface area contributed by atoms with Crippen LogP contribution in [-0.4, -0.2) is 4.98 Å². The van der Waals surface area contributed by atoms with Crippen molar-refractivity contribution in [3.8, 4) is 0 Å². The fourth-order valence-corrected chi connectivity index (χ4v) is 2.89. The molecular formula is C18H10ClNO. The Morgan fingerprint density at radius 2 is 1.62 bits per heavy atom. The summed E-state index contributed by atoms with van der Waals surface area (Å²) < 4.78 is 0. The Morgan fingerprint density at radius 1 is 0.762 bits per heavy atom. The second kappa shape index (κ2) is 4.54. The third-order valence-electron chi connectivity index (χ3n) is 3.70. The van der Waals surface area contributed by atoms with Crippen LogP contribution in [-0.2, 0) is 0 Å². The van der Waals surface area contributed by atoms with E-state index in [4.69, 9.17) is 11.6 Å². The van der Waals surface area contributed by atoms with Gasteiger partial charge in [-0.15, -0.1) is 0 Å². The van der Waals surface area contributed by atoms with Crippen molar-refractivity contribution >= 4 is 44.2 Å². The molecule has 0 radical (unpaired) electrons. The van der Waals surface area contributed by atoms with Crippen LogP contribution in [0.4, 0.5) is 0 Å². The summed E-state index contributed by atoms with van der Waals surface area (Å²) in [7, 11) is 0. The fourth-order valence-electron chi connectivity index (χ4n) is 2.65. The molecule has 100 valence electrons. The van der Waals surface area contributed by atoms with Crippen molar-refractivity contribution in [1.82, 2.24) is 4.98 Å². The SMILES string of the molecule is O=c1c2cc3ccccc3nc2ccc2c(Cl)cccc12. The standard InChI is InChI=1S/C18H10ClNO/c19-15-6-3-5-13-12(15)8-9-17-14(18(13)21)10-11-4-1-2-7-16(11)20-17/h1-10H. The maximum Gasteiger partial charge on any atom is 0.195 e. The predicted octanol–water partition coefficient (Wildman–Crippen LogP) is 4.55. The van der Waals surface area contributed by atoms with E-state index in [1.807, 2.05) is 42.5 Å². The summed E-state index contributed by atoms with van der Waals surface area (Å²) in [5.74, 6) is 0. The second-order valence-electron chi connectivity index (χ2n) is 4.98. The zero-order chi connectivity index (χ0) is 14.4. The first-order valence-corrected chi connectivity index (χ1v) is 7.03. The zero-order valence-electron chi connectivity index (χ0n) is 11.0. The number of aromatic nitrogens is 1. The third-order valence-corrected chi connectivity index (χ3v) is 4.03. The smallest absolute Gasteiger partial charge is 0.195 e. The van der Waals surface area contributed by atoms with Gasteiger partial charge in [0.15, 0.2) is 5.43 Å². The normalized spacial score (nSPS) is 11.3. The van der Waals surface area contributed by atoms with Crippen LogP contribution in [0.1, 0.15) is 0 Å². The van der Waals surface area contributed by atoms with Crippen LogP contribution in [0, 0.1) is 0 Å². The first kappa shape index (κ1) is 12.3. The van der Waals surface area contributed by atoms with E-state index in [1.165, 1.54) is 0 Å². The lowest BCUT2D eigenvalue weighted by Gasteiger charge is -1.98. The van der Waals surface area contributed by atoms with Crippen molar-refractivity contribution < 1.29 is 0 Å². The number of pyridine rings is 1. The summed E-state index contributed by atoms with van der Waals surface area (Å²) in [6.45, 7) is 0. The summed E-state index contributed by atoms with van der Waals surface area (Å²) in [6.07, 6.45) is 0. The third kappa shape index (κ3) is 1.88. The Morgan fingerprint density at radius 3 is 2.52 bits per heavy atom. The molecule has 0 aliphatic rings. The lowest BCUT2D eigenvalue weighted by Crippen LogP contribution is -1.99. The minimum atomic E-state index is -0.0363. The van der Waals surface area contributed by atoms with Gasteiger partial charge in [-0.2, -0.15) is 0 Å². The molecule has 0 unspecified atom stereocenters. The summed E-state index contributed by atoms with van der Waals surface area (Å²) in [6, 6.07) is 18.8. The largest absolute Gasteiger partial charge is 0.289 e. The highest BCUT2D eigenvalue weighted by molar-refractivity contribution is 6.35. The second-order valence-corrected chi connectivity index (χ2v) is 5.38. The van der Waals surface area contributed by atoms with Crippen LogP contribution in [0.2, 0.25) is 5.02 Å². The van der Waals surface area contributed by atoms with Crippen LogP contribution in [0.15, 0.2) is 65.5 Å². The number of para-hydroxylation sites is 1. The highest BCUT2D eigenvalue weighted by Crippen LogP contribution is 2.23. The first-order chi connectivity index (χ1) is 10.2. The summed E-state index contributed by atoms with van der Waals surface area (Å²) in [5.41, 5.74) is 1.53. The van der Waals surface area contributed by atoms with Crippen molar-refractivity contribution in [3.63, 3.8) is 0 Å². The van der Waals surface area contributed by atoms with E-state index in [9.17, 15) is 4.79 Å². The van der Waals surface area contributed by atoms with Gasteiger partial charge in [0, 0.05) is 26.6 Å². The Hall–Kier alpha value is -2.45. The van der Waals surface area contributed by atoms with E-state index < -0.39 is 0 Å². The van der Waals surface area contributed by atoms with E-state index in [2.05, 4.69) is 4.98 Å². The minimum Gasteiger partial charge on any atom is -0.289 e. The van der Waals surface area contributed by atoms with Gasteiger partial charge in [-0.3, -0.25) is 4.79 Å². The molecule has 4 rings (SSSR count). The molecule has 2 nitrogen and oxygen atoms in total. The van der Waals surface area contributed by atoms with Crippen molar-refractivity contribution in [2.75, 3.05) is 0 Å². The van der Waals surface area contributed by atoms with Crippen LogP contribution >= 0.6 is 11.6 Å². The molecule has 0 atom stereocenters. The predicted molar refractivity (Wildman–Crippen MR) is 88.0 cm³/mol. The maximum atomic E-state index is 12.8. The molecule has 0 saturated carbocycles. The summed E-state index contributed by atoms with van der Waals surface area (Å²) >= 11 is 6.20. The van der Waals surface area contributed by atoms with Crippen molar-refractivity contribution in [1.29, 1.82) is 0 Å². The van der Waals surface area contributed by atoms with Crippen molar-refractivity contribution in [2.45, 2.75) is 0 Å². The summed E-state index contributed by atoms with van der Waals surface area (Å²) in [5, 5.41) is 3.53. The molecule has 0 aliphatic heterocycles. The average molecular weight is 292 g/mol. The summed E-state index contributed by atoms with van der Waals surface area (Å²) in [4.78, 5) is 17.4. The highest BCUT2D eigenvalue weighted by atomic mass is 35.5. The molecule has 4 aromatic rings. The molecule has 0 spiro atoms. The lowest BCUT2D eigenvalue weighted by atomic mass is 10.1. The van der Waals surface area contributed by atoms with Gasteiger partial charge < -0.3 is 0 Å². The highest BCUT2D eigenvalue weighted by Gasteiger charge is 2.06. The number of hydrogen-bond donors (Lipinski definition) is 0. The van der Waals surface area contributed by atoms with Gasteiger partial charge in [0.1, 0.15) is 0 Å². The van der Waals surface area contributed by atoms with E-state index in [1.54, 1.807) is 18.2 Å². The number of benzene rings is 2. The van der Waals surface area contributed by atoms with Gasteiger partial charge in [-0.25, -0.2) is 4.98 Å². The fraction of sp³-hybridized carbons (Fsp3) is 0. The molecule has 0 amide bonds. The molecule has 0 N–H and O–H groups in total. The molecule has 0 bridgehead atoms. The van der Waals surface area contributed by atoms with Gasteiger partial charge in [-0.05, 0) is 24.3 Å². The Balaban J connectivity index is 2.31. The molecule has 1 aromatic heterocycles. The van der Waals surface area contributed by atoms with Crippen LogP contribution < -0.4 is 5.43 Å². The van der Waals surface area contributed by atoms with Crippen LogP contribution in [0.5, 0.6) is 0 Å². The average Bonchev–Trinajstić information content (AvgIpc) is 2.64. The van der Waals surface area contributed by atoms with Gasteiger partial charge in [0.25, 0.3) is 0 Å². The van der Waals surface area contributed by atoms with Crippen molar-refractivity contribution in [2.24, 2.45) is 0 Å². The Bertz CT molecular complexity index is 1070. The van der Waals surface area contributed by atoms with Crippen molar-refractivity contribution in [3.05, 3.63) is 75.9 Å². The van der Waals surface area contributed by atoms with Gasteiger partial charge in [0.05, 0.1) is 11.0 Å².